The Hall–Kier alpha value is -0.530. The van der Waals surface area contributed by atoms with Gasteiger partial charge in [-0.3, -0.25) is 4.79 Å². The summed E-state index contributed by atoms with van der Waals surface area (Å²) in [6.07, 6.45) is 5.14. The highest BCUT2D eigenvalue weighted by Gasteiger charge is 2.64. The van der Waals surface area contributed by atoms with E-state index in [9.17, 15) is 4.79 Å². The largest absolute Gasteiger partial charge is 0.481 e. The standard InChI is InChI=1S/C11H18O2/c1-11(2)8(9(11)10(12)13)7-5-3-4-6-7/h7-9H,3-6H2,1-2H3,(H,12,13)/t8-,9+/m1/s1. The van der Waals surface area contributed by atoms with Crippen LogP contribution in [-0.4, -0.2) is 11.1 Å². The number of rotatable bonds is 2. The Kier molecular flexibility index (Phi) is 1.90. The van der Waals surface area contributed by atoms with Crippen LogP contribution in [0.1, 0.15) is 39.5 Å². The van der Waals surface area contributed by atoms with E-state index in [1.807, 2.05) is 0 Å². The van der Waals surface area contributed by atoms with Crippen LogP contribution in [-0.2, 0) is 4.79 Å². The summed E-state index contributed by atoms with van der Waals surface area (Å²) < 4.78 is 0. The van der Waals surface area contributed by atoms with E-state index in [0.717, 1.165) is 0 Å². The molecule has 0 radical (unpaired) electrons. The molecule has 2 saturated carbocycles. The van der Waals surface area contributed by atoms with Crippen molar-refractivity contribution in [2.24, 2.45) is 23.2 Å². The van der Waals surface area contributed by atoms with Crippen LogP contribution in [0.4, 0.5) is 0 Å². The Morgan fingerprint density at radius 1 is 1.31 bits per heavy atom. The third-order valence-corrected chi connectivity index (χ3v) is 4.08. The van der Waals surface area contributed by atoms with Gasteiger partial charge in [0.2, 0.25) is 0 Å². The summed E-state index contributed by atoms with van der Waals surface area (Å²) in [6, 6.07) is 0. The molecule has 2 heteroatoms. The van der Waals surface area contributed by atoms with Gasteiger partial charge in [-0.1, -0.05) is 39.5 Å². The van der Waals surface area contributed by atoms with E-state index in [1.54, 1.807) is 0 Å². The van der Waals surface area contributed by atoms with E-state index in [2.05, 4.69) is 13.8 Å². The summed E-state index contributed by atoms with van der Waals surface area (Å²) in [5.41, 5.74) is 0.0703. The second kappa shape index (κ2) is 2.73. The Balaban J connectivity index is 2.05. The maximum absolute atomic E-state index is 10.9. The first-order valence-corrected chi connectivity index (χ1v) is 5.28. The third kappa shape index (κ3) is 1.27. The van der Waals surface area contributed by atoms with E-state index >= 15 is 0 Å². The van der Waals surface area contributed by atoms with Gasteiger partial charge in [0.05, 0.1) is 5.92 Å². The maximum atomic E-state index is 10.9. The number of aliphatic carboxylic acids is 1. The van der Waals surface area contributed by atoms with Crippen molar-refractivity contribution in [3.8, 4) is 0 Å². The lowest BCUT2D eigenvalue weighted by molar-refractivity contribution is -0.139. The molecule has 0 aliphatic heterocycles. The molecule has 0 aromatic heterocycles. The smallest absolute Gasteiger partial charge is 0.307 e. The molecule has 0 heterocycles. The van der Waals surface area contributed by atoms with Crippen LogP contribution in [0.2, 0.25) is 0 Å². The molecule has 2 aliphatic carbocycles. The fraction of sp³-hybridized carbons (Fsp3) is 0.909. The summed E-state index contributed by atoms with van der Waals surface area (Å²) in [6.45, 7) is 4.21. The molecule has 2 atom stereocenters. The van der Waals surface area contributed by atoms with Gasteiger partial charge < -0.3 is 5.11 Å². The molecular weight excluding hydrogens is 164 g/mol. The van der Waals surface area contributed by atoms with E-state index in [0.29, 0.717) is 11.8 Å². The van der Waals surface area contributed by atoms with Gasteiger partial charge in [0.25, 0.3) is 0 Å². The molecule has 13 heavy (non-hydrogen) atoms. The molecule has 0 spiro atoms. The van der Waals surface area contributed by atoms with Gasteiger partial charge in [-0.2, -0.15) is 0 Å². The monoisotopic (exact) mass is 182 g/mol. The minimum Gasteiger partial charge on any atom is -0.481 e. The first kappa shape index (κ1) is 9.04. The lowest BCUT2D eigenvalue weighted by Gasteiger charge is -2.09. The van der Waals surface area contributed by atoms with Crippen molar-refractivity contribution in [2.45, 2.75) is 39.5 Å². The number of hydrogen-bond acceptors (Lipinski definition) is 1. The lowest BCUT2D eigenvalue weighted by Crippen LogP contribution is -2.05. The number of carboxylic acid groups (broad SMARTS) is 1. The molecule has 2 rings (SSSR count). The van der Waals surface area contributed by atoms with Crippen LogP contribution in [0.25, 0.3) is 0 Å². The van der Waals surface area contributed by atoms with Crippen LogP contribution < -0.4 is 0 Å². The van der Waals surface area contributed by atoms with Gasteiger partial charge in [0.15, 0.2) is 0 Å². The first-order valence-electron chi connectivity index (χ1n) is 5.28. The van der Waals surface area contributed by atoms with Gasteiger partial charge in [-0.25, -0.2) is 0 Å². The van der Waals surface area contributed by atoms with Crippen molar-refractivity contribution in [1.82, 2.24) is 0 Å². The summed E-state index contributed by atoms with van der Waals surface area (Å²) in [5, 5.41) is 9.02. The zero-order valence-corrected chi connectivity index (χ0v) is 8.42. The van der Waals surface area contributed by atoms with E-state index in [-0.39, 0.29) is 11.3 Å². The summed E-state index contributed by atoms with van der Waals surface area (Å²) >= 11 is 0. The molecule has 0 unspecified atom stereocenters. The Labute approximate surface area is 79.3 Å². The van der Waals surface area contributed by atoms with E-state index in [1.165, 1.54) is 25.7 Å². The molecule has 2 nitrogen and oxygen atoms in total. The zero-order valence-electron chi connectivity index (χ0n) is 8.42. The molecule has 0 aromatic rings. The lowest BCUT2D eigenvalue weighted by atomic mass is 9.96. The van der Waals surface area contributed by atoms with Crippen molar-refractivity contribution in [3.63, 3.8) is 0 Å². The topological polar surface area (TPSA) is 37.3 Å². The third-order valence-electron chi connectivity index (χ3n) is 4.08. The van der Waals surface area contributed by atoms with Gasteiger partial charge in [0.1, 0.15) is 0 Å². The van der Waals surface area contributed by atoms with Crippen molar-refractivity contribution >= 4 is 5.97 Å². The van der Waals surface area contributed by atoms with Crippen LogP contribution in [0.15, 0.2) is 0 Å². The second-order valence-corrected chi connectivity index (χ2v) is 5.21. The predicted octanol–water partition coefficient (Wildman–Crippen LogP) is 2.53. The minimum atomic E-state index is -0.582. The molecule has 0 aromatic carbocycles. The van der Waals surface area contributed by atoms with E-state index < -0.39 is 5.97 Å². The second-order valence-electron chi connectivity index (χ2n) is 5.21. The Morgan fingerprint density at radius 2 is 1.85 bits per heavy atom. The highest BCUT2D eigenvalue weighted by Crippen LogP contribution is 2.64. The van der Waals surface area contributed by atoms with E-state index in [4.69, 9.17) is 5.11 Å². The Morgan fingerprint density at radius 3 is 2.23 bits per heavy atom. The highest BCUT2D eigenvalue weighted by atomic mass is 16.4. The van der Waals surface area contributed by atoms with Crippen molar-refractivity contribution in [2.75, 3.05) is 0 Å². The van der Waals surface area contributed by atoms with Gasteiger partial charge in [0, 0.05) is 0 Å². The highest BCUT2D eigenvalue weighted by molar-refractivity contribution is 5.75. The van der Waals surface area contributed by atoms with Crippen LogP contribution in [0.3, 0.4) is 0 Å². The summed E-state index contributed by atoms with van der Waals surface area (Å²) in [7, 11) is 0. The average Bonchev–Trinajstić information content (AvgIpc) is 2.50. The molecule has 2 fully saturated rings. The number of carboxylic acids is 1. The van der Waals surface area contributed by atoms with Crippen LogP contribution >= 0.6 is 0 Å². The van der Waals surface area contributed by atoms with Crippen molar-refractivity contribution < 1.29 is 9.90 Å². The maximum Gasteiger partial charge on any atom is 0.307 e. The SMILES string of the molecule is CC1(C)[C@H](C(=O)O)[C@H]1C1CCCC1. The van der Waals surface area contributed by atoms with Crippen molar-refractivity contribution in [1.29, 1.82) is 0 Å². The molecule has 0 amide bonds. The minimum absolute atomic E-state index is 0.0596. The number of hydrogen-bond donors (Lipinski definition) is 1. The van der Waals surface area contributed by atoms with Crippen LogP contribution in [0, 0.1) is 23.2 Å². The molecule has 0 saturated heterocycles. The van der Waals surface area contributed by atoms with Gasteiger partial charge >= 0.3 is 5.97 Å². The van der Waals surface area contributed by atoms with Crippen LogP contribution in [0.5, 0.6) is 0 Å². The molecule has 0 bridgehead atoms. The first-order chi connectivity index (χ1) is 6.05. The summed E-state index contributed by atoms with van der Waals surface area (Å²) in [4.78, 5) is 10.9. The molecule has 1 N–H and O–H groups in total. The van der Waals surface area contributed by atoms with Gasteiger partial charge in [-0.05, 0) is 17.3 Å². The number of carbonyl (C=O) groups is 1. The summed E-state index contributed by atoms with van der Waals surface area (Å²) in [5.74, 6) is 0.529. The Bertz CT molecular complexity index is 226. The fourth-order valence-corrected chi connectivity index (χ4v) is 3.35. The molecule has 74 valence electrons. The van der Waals surface area contributed by atoms with Gasteiger partial charge in [-0.15, -0.1) is 0 Å². The fourth-order valence-electron chi connectivity index (χ4n) is 3.35. The quantitative estimate of drug-likeness (QED) is 0.712. The zero-order chi connectivity index (χ0) is 9.64. The average molecular weight is 182 g/mol. The molecular formula is C11H18O2. The molecule has 2 aliphatic rings. The normalized spacial score (nSPS) is 37.7. The van der Waals surface area contributed by atoms with Crippen molar-refractivity contribution in [3.05, 3.63) is 0 Å². The predicted molar refractivity (Wildman–Crippen MR) is 50.4 cm³/mol.